The van der Waals surface area contributed by atoms with Crippen LogP contribution in [0.25, 0.3) is 0 Å². The standard InChI is InChI=1S/C24H25F3N4O4S2/c1-3-34-22(33)20-16-9-4-5-10-17(16)37-21(20)28-19(32)13-36-23-30-29-18(31(23)2)12-35-15-8-6-7-14(11-15)24(25,26)27/h6-8,11H,3-5,9-10,12-13H2,1-2H3,(H,28,32). The molecule has 3 aromatic rings. The number of nitrogens with one attached hydrogen (secondary N) is 1. The van der Waals surface area contributed by atoms with Crippen molar-refractivity contribution in [2.75, 3.05) is 17.7 Å². The number of aromatic nitrogens is 3. The number of hydrogen-bond acceptors (Lipinski definition) is 8. The zero-order chi connectivity index (χ0) is 26.6. The van der Waals surface area contributed by atoms with Gasteiger partial charge < -0.3 is 19.4 Å². The Hall–Kier alpha value is -3.06. The smallest absolute Gasteiger partial charge is 0.416 e. The lowest BCUT2D eigenvalue weighted by Crippen LogP contribution is -2.17. The quantitative estimate of drug-likeness (QED) is 0.285. The molecule has 2 heterocycles. The molecule has 1 aliphatic rings. The summed E-state index contributed by atoms with van der Waals surface area (Å²) in [5.74, 6) is -0.272. The number of thioether (sulfide) groups is 1. The Morgan fingerprint density at radius 2 is 2.00 bits per heavy atom. The van der Waals surface area contributed by atoms with Gasteiger partial charge in [-0.25, -0.2) is 4.79 Å². The molecule has 8 nitrogen and oxygen atoms in total. The van der Waals surface area contributed by atoms with Crippen molar-refractivity contribution in [3.05, 3.63) is 51.7 Å². The van der Waals surface area contributed by atoms with E-state index >= 15 is 0 Å². The number of carbonyl (C=O) groups is 2. The Balaban J connectivity index is 1.37. The van der Waals surface area contributed by atoms with Crippen LogP contribution in [0, 0.1) is 0 Å². The number of amides is 1. The third-order valence-corrected chi connectivity index (χ3v) is 7.92. The highest BCUT2D eigenvalue weighted by atomic mass is 32.2. The summed E-state index contributed by atoms with van der Waals surface area (Å²) < 4.78 is 51.0. The van der Waals surface area contributed by atoms with Crippen LogP contribution in [0.5, 0.6) is 5.75 Å². The van der Waals surface area contributed by atoms with Crippen LogP contribution in [0.2, 0.25) is 0 Å². The highest BCUT2D eigenvalue weighted by molar-refractivity contribution is 7.99. The highest BCUT2D eigenvalue weighted by Crippen LogP contribution is 2.39. The van der Waals surface area contributed by atoms with Crippen molar-refractivity contribution in [1.82, 2.24) is 14.8 Å². The second-order valence-electron chi connectivity index (χ2n) is 8.24. The molecule has 37 heavy (non-hydrogen) atoms. The molecule has 1 N–H and O–H groups in total. The third kappa shape index (κ3) is 6.45. The van der Waals surface area contributed by atoms with E-state index in [0.29, 0.717) is 21.5 Å². The third-order valence-electron chi connectivity index (χ3n) is 5.69. The maximum absolute atomic E-state index is 12.9. The molecular formula is C24H25F3N4O4S2. The summed E-state index contributed by atoms with van der Waals surface area (Å²) in [6, 6.07) is 4.59. The van der Waals surface area contributed by atoms with Gasteiger partial charge in [0.1, 0.15) is 17.4 Å². The molecule has 0 unspecified atom stereocenters. The molecule has 0 atom stereocenters. The van der Waals surface area contributed by atoms with Crippen LogP contribution in [0.15, 0.2) is 29.4 Å². The van der Waals surface area contributed by atoms with Crippen molar-refractivity contribution in [3.63, 3.8) is 0 Å². The number of nitrogens with zero attached hydrogens (tertiary/aromatic N) is 3. The fourth-order valence-electron chi connectivity index (χ4n) is 3.87. The monoisotopic (exact) mass is 554 g/mol. The number of esters is 1. The van der Waals surface area contributed by atoms with E-state index in [1.165, 1.54) is 23.5 Å². The molecule has 0 bridgehead atoms. The Kier molecular flexibility index (Phi) is 8.42. The summed E-state index contributed by atoms with van der Waals surface area (Å²) in [4.78, 5) is 26.4. The van der Waals surface area contributed by atoms with Crippen LogP contribution >= 0.6 is 23.1 Å². The SMILES string of the molecule is CCOC(=O)c1c(NC(=O)CSc2nnc(COc3cccc(C(F)(F)F)c3)n2C)sc2c1CCCC2. The van der Waals surface area contributed by atoms with Crippen LogP contribution < -0.4 is 10.1 Å². The predicted octanol–water partition coefficient (Wildman–Crippen LogP) is 5.26. The number of hydrogen-bond donors (Lipinski definition) is 1. The van der Waals surface area contributed by atoms with E-state index in [-0.39, 0.29) is 30.6 Å². The number of halogens is 3. The molecule has 0 radical (unpaired) electrons. The molecule has 0 aliphatic heterocycles. The van der Waals surface area contributed by atoms with Crippen LogP contribution in [0.4, 0.5) is 18.2 Å². The van der Waals surface area contributed by atoms with Gasteiger partial charge in [-0.2, -0.15) is 13.2 Å². The minimum Gasteiger partial charge on any atom is -0.486 e. The van der Waals surface area contributed by atoms with Gasteiger partial charge in [0.25, 0.3) is 0 Å². The highest BCUT2D eigenvalue weighted by Gasteiger charge is 2.31. The molecule has 0 saturated heterocycles. The van der Waals surface area contributed by atoms with Crippen LogP contribution in [-0.2, 0) is 42.2 Å². The second-order valence-corrected chi connectivity index (χ2v) is 10.3. The van der Waals surface area contributed by atoms with E-state index in [1.54, 1.807) is 18.5 Å². The van der Waals surface area contributed by atoms with Crippen LogP contribution in [0.1, 0.15) is 52.0 Å². The van der Waals surface area contributed by atoms with E-state index < -0.39 is 17.7 Å². The van der Waals surface area contributed by atoms with Crippen molar-refractivity contribution in [2.45, 2.75) is 50.5 Å². The van der Waals surface area contributed by atoms with Crippen molar-refractivity contribution >= 4 is 40.0 Å². The molecule has 0 spiro atoms. The van der Waals surface area contributed by atoms with E-state index in [0.717, 1.165) is 60.0 Å². The minimum atomic E-state index is -4.46. The largest absolute Gasteiger partial charge is 0.486 e. The normalized spacial score (nSPS) is 13.2. The number of benzene rings is 1. The van der Waals surface area contributed by atoms with E-state index in [2.05, 4.69) is 15.5 Å². The van der Waals surface area contributed by atoms with Crippen molar-refractivity contribution in [1.29, 1.82) is 0 Å². The molecule has 198 valence electrons. The number of rotatable bonds is 9. The first-order chi connectivity index (χ1) is 17.7. The number of anilines is 1. The summed E-state index contributed by atoms with van der Waals surface area (Å²) in [6.45, 7) is 1.89. The van der Waals surface area contributed by atoms with E-state index in [4.69, 9.17) is 9.47 Å². The van der Waals surface area contributed by atoms with Gasteiger partial charge in [-0.3, -0.25) is 4.79 Å². The van der Waals surface area contributed by atoms with E-state index in [1.807, 2.05) is 0 Å². The Morgan fingerprint density at radius 1 is 1.22 bits per heavy atom. The van der Waals surface area contributed by atoms with Gasteiger partial charge in [0.15, 0.2) is 11.0 Å². The molecule has 2 aromatic heterocycles. The summed E-state index contributed by atoms with van der Waals surface area (Å²) in [7, 11) is 1.68. The fourth-order valence-corrected chi connectivity index (χ4v) is 5.90. The van der Waals surface area contributed by atoms with Crippen molar-refractivity contribution in [3.8, 4) is 5.75 Å². The number of ether oxygens (including phenoxy) is 2. The van der Waals surface area contributed by atoms with Gasteiger partial charge in [0.05, 0.1) is 23.5 Å². The van der Waals surface area contributed by atoms with Gasteiger partial charge in [-0.15, -0.1) is 21.5 Å². The zero-order valence-corrected chi connectivity index (χ0v) is 21.8. The van der Waals surface area contributed by atoms with Gasteiger partial charge in [0, 0.05) is 11.9 Å². The second kappa shape index (κ2) is 11.5. The molecule has 1 aromatic carbocycles. The summed E-state index contributed by atoms with van der Waals surface area (Å²) >= 11 is 2.56. The lowest BCUT2D eigenvalue weighted by atomic mass is 9.95. The number of carbonyl (C=O) groups excluding carboxylic acids is 2. The average molecular weight is 555 g/mol. The van der Waals surface area contributed by atoms with Crippen molar-refractivity contribution in [2.24, 2.45) is 7.05 Å². The number of aryl methyl sites for hydroxylation is 1. The van der Waals surface area contributed by atoms with Gasteiger partial charge in [-0.1, -0.05) is 17.8 Å². The fraction of sp³-hybridized carbons (Fsp3) is 0.417. The number of thiophene rings is 1. The maximum atomic E-state index is 12.9. The molecule has 4 rings (SSSR count). The number of alkyl halides is 3. The van der Waals surface area contributed by atoms with E-state index in [9.17, 15) is 22.8 Å². The van der Waals surface area contributed by atoms with Crippen molar-refractivity contribution < 1.29 is 32.2 Å². The van der Waals surface area contributed by atoms with Crippen LogP contribution in [0.3, 0.4) is 0 Å². The van der Waals surface area contributed by atoms with Gasteiger partial charge >= 0.3 is 12.1 Å². The lowest BCUT2D eigenvalue weighted by Gasteiger charge is -2.12. The molecular weight excluding hydrogens is 529 g/mol. The summed E-state index contributed by atoms with van der Waals surface area (Å²) in [5.41, 5.74) is 0.617. The Bertz CT molecular complexity index is 1290. The van der Waals surface area contributed by atoms with Crippen LogP contribution in [-0.4, -0.2) is 39.0 Å². The minimum absolute atomic E-state index is 0.0191. The molecule has 13 heteroatoms. The first-order valence-electron chi connectivity index (χ1n) is 11.6. The Labute approximate surface area is 219 Å². The topological polar surface area (TPSA) is 95.3 Å². The first-order valence-corrected chi connectivity index (χ1v) is 13.4. The molecule has 1 aliphatic carbocycles. The Morgan fingerprint density at radius 3 is 2.76 bits per heavy atom. The molecule has 1 amide bonds. The maximum Gasteiger partial charge on any atom is 0.416 e. The summed E-state index contributed by atoms with van der Waals surface area (Å²) in [5, 5.41) is 11.9. The first kappa shape index (κ1) is 27.0. The summed E-state index contributed by atoms with van der Waals surface area (Å²) in [6.07, 6.45) is -0.763. The average Bonchev–Trinajstić information content (AvgIpc) is 3.40. The van der Waals surface area contributed by atoms with Gasteiger partial charge in [0.2, 0.25) is 5.91 Å². The molecule has 0 saturated carbocycles. The lowest BCUT2D eigenvalue weighted by molar-refractivity contribution is -0.137. The number of fused-ring (bicyclic) bond motifs is 1. The molecule has 0 fully saturated rings. The van der Waals surface area contributed by atoms with Gasteiger partial charge in [-0.05, 0) is 56.4 Å². The zero-order valence-electron chi connectivity index (χ0n) is 20.2. The predicted molar refractivity (Wildman–Crippen MR) is 133 cm³/mol.